The zero-order chi connectivity index (χ0) is 18.0. The summed E-state index contributed by atoms with van der Waals surface area (Å²) in [4.78, 5) is 42.1. The molecule has 1 fully saturated rings. The van der Waals surface area contributed by atoms with Gasteiger partial charge in [-0.15, -0.1) is 0 Å². The lowest BCUT2D eigenvalue weighted by molar-refractivity contribution is -0.131. The van der Waals surface area contributed by atoms with E-state index in [-0.39, 0.29) is 0 Å². The monoisotopic (exact) mass is 399 g/mol. The minimum atomic E-state index is -1.17. The van der Waals surface area contributed by atoms with Gasteiger partial charge in [-0.2, -0.15) is 0 Å². The van der Waals surface area contributed by atoms with Gasteiger partial charge in [0.2, 0.25) is 5.91 Å². The van der Waals surface area contributed by atoms with Crippen LogP contribution in [0.5, 0.6) is 0 Å². The molecule has 1 N–H and O–H groups in total. The maximum atomic E-state index is 12.7. The lowest BCUT2D eigenvalue weighted by Gasteiger charge is -2.29. The summed E-state index contributed by atoms with van der Waals surface area (Å²) in [5.41, 5.74) is 1.80. The van der Waals surface area contributed by atoms with Gasteiger partial charge in [0.15, 0.2) is 5.92 Å². The fourth-order valence-corrected chi connectivity index (χ4v) is 2.72. The van der Waals surface area contributed by atoms with Crippen molar-refractivity contribution in [1.82, 2.24) is 5.32 Å². The van der Waals surface area contributed by atoms with Gasteiger partial charge in [0, 0.05) is 10.7 Å². The van der Waals surface area contributed by atoms with Crippen LogP contribution >= 0.6 is 15.9 Å². The summed E-state index contributed by atoms with van der Waals surface area (Å²) >= 11 is 3.33. The predicted octanol–water partition coefficient (Wildman–Crippen LogP) is 3.36. The standard InChI is InChI=1S/C18H14BrN3O3/c1-11-4-2-3-5-15(11)22-17(24)14(16(23)21-18(22)25)10-20-13-8-6-12(19)7-9-13/h2-10,14H,1H3,(H,21,23,25)/t14-/m0/s1. The molecular weight excluding hydrogens is 386 g/mol. The lowest BCUT2D eigenvalue weighted by atomic mass is 10.0. The highest BCUT2D eigenvalue weighted by Gasteiger charge is 2.40. The first-order valence-electron chi connectivity index (χ1n) is 7.51. The Morgan fingerprint density at radius 1 is 1.08 bits per heavy atom. The number of hydrogen-bond acceptors (Lipinski definition) is 4. The Hall–Kier alpha value is -2.80. The van der Waals surface area contributed by atoms with E-state index in [1.54, 1.807) is 49.4 Å². The van der Waals surface area contributed by atoms with Crippen LogP contribution < -0.4 is 10.2 Å². The molecule has 0 saturated carbocycles. The van der Waals surface area contributed by atoms with Gasteiger partial charge >= 0.3 is 6.03 Å². The van der Waals surface area contributed by atoms with Crippen LogP contribution in [-0.2, 0) is 9.59 Å². The molecule has 0 bridgehead atoms. The van der Waals surface area contributed by atoms with E-state index in [2.05, 4.69) is 26.2 Å². The summed E-state index contributed by atoms with van der Waals surface area (Å²) in [6, 6.07) is 13.3. The number of nitrogens with one attached hydrogen (secondary N) is 1. The van der Waals surface area contributed by atoms with Crippen LogP contribution in [0.1, 0.15) is 5.56 Å². The Balaban J connectivity index is 1.90. The summed E-state index contributed by atoms with van der Waals surface area (Å²) < 4.78 is 0.897. The van der Waals surface area contributed by atoms with Crippen molar-refractivity contribution in [2.24, 2.45) is 10.9 Å². The summed E-state index contributed by atoms with van der Waals surface area (Å²) in [7, 11) is 0. The van der Waals surface area contributed by atoms with Crippen molar-refractivity contribution >= 4 is 51.4 Å². The molecule has 1 heterocycles. The molecule has 0 spiro atoms. The van der Waals surface area contributed by atoms with E-state index in [4.69, 9.17) is 0 Å². The van der Waals surface area contributed by atoms with Gasteiger partial charge in [0.25, 0.3) is 5.91 Å². The maximum absolute atomic E-state index is 12.7. The van der Waals surface area contributed by atoms with E-state index in [0.29, 0.717) is 11.4 Å². The zero-order valence-corrected chi connectivity index (χ0v) is 14.9. The van der Waals surface area contributed by atoms with Gasteiger partial charge in [-0.3, -0.25) is 19.9 Å². The number of barbiturate groups is 1. The van der Waals surface area contributed by atoms with Crippen molar-refractivity contribution in [3.05, 3.63) is 58.6 Å². The third-order valence-corrected chi connectivity index (χ3v) is 4.29. The summed E-state index contributed by atoms with van der Waals surface area (Å²) in [5.74, 6) is -2.47. The van der Waals surface area contributed by atoms with E-state index in [1.165, 1.54) is 6.21 Å². The Labute approximate surface area is 152 Å². The molecule has 7 heteroatoms. The van der Waals surface area contributed by atoms with Gasteiger partial charge in [0.05, 0.1) is 11.4 Å². The molecular formula is C18H14BrN3O3. The van der Waals surface area contributed by atoms with Crippen LogP contribution in [0.15, 0.2) is 58.0 Å². The number of amides is 4. The molecule has 2 aromatic rings. The zero-order valence-electron chi connectivity index (χ0n) is 13.3. The number of anilines is 1. The number of carbonyl (C=O) groups is 3. The summed E-state index contributed by atoms with van der Waals surface area (Å²) in [6.07, 6.45) is 1.26. The molecule has 3 rings (SSSR count). The van der Waals surface area contributed by atoms with Crippen molar-refractivity contribution < 1.29 is 14.4 Å². The van der Waals surface area contributed by atoms with Crippen LogP contribution in [0.25, 0.3) is 0 Å². The second-order valence-electron chi connectivity index (χ2n) is 5.49. The first-order valence-corrected chi connectivity index (χ1v) is 8.31. The van der Waals surface area contributed by atoms with Crippen LogP contribution in [0.2, 0.25) is 0 Å². The van der Waals surface area contributed by atoms with Crippen LogP contribution in [0.4, 0.5) is 16.2 Å². The highest BCUT2D eigenvalue weighted by atomic mass is 79.9. The molecule has 0 aromatic heterocycles. The third-order valence-electron chi connectivity index (χ3n) is 3.76. The Kier molecular flexibility index (Phi) is 4.76. The number of benzene rings is 2. The fraction of sp³-hybridized carbons (Fsp3) is 0.111. The number of imide groups is 2. The second-order valence-corrected chi connectivity index (χ2v) is 6.40. The average molecular weight is 400 g/mol. The van der Waals surface area contributed by atoms with Gasteiger partial charge in [0.1, 0.15) is 0 Å². The minimum absolute atomic E-state index is 0.444. The molecule has 126 valence electrons. The van der Waals surface area contributed by atoms with E-state index < -0.39 is 23.8 Å². The Morgan fingerprint density at radius 2 is 1.76 bits per heavy atom. The van der Waals surface area contributed by atoms with E-state index in [1.807, 2.05) is 6.07 Å². The van der Waals surface area contributed by atoms with Gasteiger partial charge in [-0.1, -0.05) is 34.1 Å². The summed E-state index contributed by atoms with van der Waals surface area (Å²) in [5, 5.41) is 2.21. The average Bonchev–Trinajstić information content (AvgIpc) is 2.57. The smallest absolute Gasteiger partial charge is 0.276 e. The molecule has 2 aromatic carbocycles. The predicted molar refractivity (Wildman–Crippen MR) is 98.0 cm³/mol. The van der Waals surface area contributed by atoms with E-state index in [0.717, 1.165) is 14.9 Å². The molecule has 4 amide bonds. The van der Waals surface area contributed by atoms with Crippen molar-refractivity contribution in [1.29, 1.82) is 0 Å². The second kappa shape index (κ2) is 6.98. The summed E-state index contributed by atoms with van der Waals surface area (Å²) in [6.45, 7) is 1.79. The first-order chi connectivity index (χ1) is 12.0. The number of urea groups is 1. The molecule has 0 aliphatic carbocycles. The van der Waals surface area contributed by atoms with Gasteiger partial charge in [-0.05, 0) is 42.8 Å². The molecule has 1 aliphatic rings. The normalized spacial score (nSPS) is 17.9. The van der Waals surface area contributed by atoms with Gasteiger partial charge < -0.3 is 0 Å². The van der Waals surface area contributed by atoms with Gasteiger partial charge in [-0.25, -0.2) is 9.69 Å². The van der Waals surface area contributed by atoms with E-state index >= 15 is 0 Å². The molecule has 0 radical (unpaired) electrons. The first kappa shape index (κ1) is 17.0. The maximum Gasteiger partial charge on any atom is 0.335 e. The van der Waals surface area contributed by atoms with Crippen LogP contribution in [0, 0.1) is 12.8 Å². The third kappa shape index (κ3) is 3.51. The van der Waals surface area contributed by atoms with Crippen molar-refractivity contribution in [3.63, 3.8) is 0 Å². The molecule has 1 saturated heterocycles. The number of halogens is 1. The number of carbonyl (C=O) groups excluding carboxylic acids is 3. The van der Waals surface area contributed by atoms with E-state index in [9.17, 15) is 14.4 Å². The number of nitrogens with zero attached hydrogens (tertiary/aromatic N) is 2. The van der Waals surface area contributed by atoms with Crippen molar-refractivity contribution in [2.75, 3.05) is 4.90 Å². The quantitative estimate of drug-likeness (QED) is 0.634. The van der Waals surface area contributed by atoms with Crippen LogP contribution in [-0.4, -0.2) is 24.1 Å². The van der Waals surface area contributed by atoms with Crippen LogP contribution in [0.3, 0.4) is 0 Å². The molecule has 1 atom stereocenters. The largest absolute Gasteiger partial charge is 0.335 e. The molecule has 6 nitrogen and oxygen atoms in total. The number of hydrogen-bond donors (Lipinski definition) is 1. The Bertz CT molecular complexity index is 877. The molecule has 0 unspecified atom stereocenters. The Morgan fingerprint density at radius 3 is 2.44 bits per heavy atom. The number of para-hydroxylation sites is 1. The van der Waals surface area contributed by atoms with Crippen molar-refractivity contribution in [2.45, 2.75) is 6.92 Å². The number of aryl methyl sites for hydroxylation is 1. The van der Waals surface area contributed by atoms with Crippen molar-refractivity contribution in [3.8, 4) is 0 Å². The minimum Gasteiger partial charge on any atom is -0.276 e. The fourth-order valence-electron chi connectivity index (χ4n) is 2.45. The number of aliphatic imine (C=N–C) groups is 1. The SMILES string of the molecule is Cc1ccccc1N1C(=O)NC(=O)[C@H](C=Nc2ccc(Br)cc2)C1=O. The lowest BCUT2D eigenvalue weighted by Crippen LogP contribution is -2.58. The number of rotatable bonds is 3. The molecule has 25 heavy (non-hydrogen) atoms. The molecule has 1 aliphatic heterocycles. The topological polar surface area (TPSA) is 78.8 Å². The highest BCUT2D eigenvalue weighted by molar-refractivity contribution is 9.10. The highest BCUT2D eigenvalue weighted by Crippen LogP contribution is 2.24.